The van der Waals surface area contributed by atoms with E-state index >= 15 is 0 Å². The van der Waals surface area contributed by atoms with Gasteiger partial charge >= 0.3 is 6.02 Å². The molecule has 5 rings (SSSR count). The number of hydrogen-bond acceptors (Lipinski definition) is 4. The third-order valence-electron chi connectivity index (χ3n) is 6.47. The molecule has 0 aromatic heterocycles. The first-order valence-electron chi connectivity index (χ1n) is 10.9. The molecule has 0 spiro atoms. The lowest BCUT2D eigenvalue weighted by Crippen LogP contribution is -2.34. The number of carbonyl (C=O) groups excluding carboxylic acids is 1. The summed E-state index contributed by atoms with van der Waals surface area (Å²) in [6, 6.07) is 5.30. The standard InChI is InChI=1S/C23H29N3O2/c1-2-26-22(27)20(28-23(26)24-19-9-3-4-10-19)15-16-13-17-7-5-11-25-12-6-8-18(14-16)21(17)25/h13-15,19H,2-12H2,1H3. The van der Waals surface area contributed by atoms with Crippen LogP contribution < -0.4 is 4.90 Å². The van der Waals surface area contributed by atoms with Gasteiger partial charge in [0.05, 0.1) is 6.04 Å². The van der Waals surface area contributed by atoms with Gasteiger partial charge in [-0.1, -0.05) is 12.8 Å². The van der Waals surface area contributed by atoms with Crippen LogP contribution in [0.4, 0.5) is 5.69 Å². The lowest BCUT2D eigenvalue weighted by atomic mass is 9.90. The number of carbonyl (C=O) groups is 1. The third-order valence-corrected chi connectivity index (χ3v) is 6.47. The average Bonchev–Trinajstić information content (AvgIpc) is 3.31. The van der Waals surface area contributed by atoms with Gasteiger partial charge in [0.25, 0.3) is 5.91 Å². The number of ether oxygens (including phenoxy) is 1. The molecule has 0 radical (unpaired) electrons. The zero-order valence-corrected chi connectivity index (χ0v) is 16.7. The van der Waals surface area contributed by atoms with E-state index in [4.69, 9.17) is 9.73 Å². The fourth-order valence-corrected chi connectivity index (χ4v) is 5.14. The number of nitrogens with zero attached hydrogens (tertiary/aromatic N) is 3. The van der Waals surface area contributed by atoms with Gasteiger partial charge < -0.3 is 9.64 Å². The highest BCUT2D eigenvalue weighted by Gasteiger charge is 2.35. The van der Waals surface area contributed by atoms with Crippen molar-refractivity contribution in [1.82, 2.24) is 4.90 Å². The van der Waals surface area contributed by atoms with Gasteiger partial charge in [0.2, 0.25) is 0 Å². The Kier molecular flexibility index (Phi) is 4.61. The average molecular weight is 380 g/mol. The van der Waals surface area contributed by atoms with Gasteiger partial charge in [-0.15, -0.1) is 0 Å². The maximum absolute atomic E-state index is 12.9. The second kappa shape index (κ2) is 7.26. The lowest BCUT2D eigenvalue weighted by Gasteiger charge is -2.37. The van der Waals surface area contributed by atoms with Crippen molar-refractivity contribution < 1.29 is 9.53 Å². The summed E-state index contributed by atoms with van der Waals surface area (Å²) in [6.45, 7) is 4.92. The summed E-state index contributed by atoms with van der Waals surface area (Å²) < 4.78 is 5.97. The quantitative estimate of drug-likeness (QED) is 0.748. The molecule has 0 N–H and O–H groups in total. The minimum Gasteiger partial charge on any atom is -0.420 e. The molecule has 1 aliphatic carbocycles. The zero-order chi connectivity index (χ0) is 19.1. The molecule has 3 aliphatic heterocycles. The van der Waals surface area contributed by atoms with Gasteiger partial charge in [0, 0.05) is 25.3 Å². The molecule has 1 aromatic carbocycles. The van der Waals surface area contributed by atoms with Crippen molar-refractivity contribution >= 4 is 23.7 Å². The molecule has 148 valence electrons. The lowest BCUT2D eigenvalue weighted by molar-refractivity contribution is -0.122. The summed E-state index contributed by atoms with van der Waals surface area (Å²) >= 11 is 0. The van der Waals surface area contributed by atoms with Crippen LogP contribution in [0.3, 0.4) is 0 Å². The maximum atomic E-state index is 12.9. The van der Waals surface area contributed by atoms with E-state index in [0.29, 0.717) is 24.4 Å². The Morgan fingerprint density at radius 3 is 2.43 bits per heavy atom. The minimum atomic E-state index is -0.0627. The summed E-state index contributed by atoms with van der Waals surface area (Å²) in [5, 5.41) is 0. The number of likely N-dealkylation sites (N-methyl/N-ethyl adjacent to an activating group) is 1. The second-order valence-electron chi connectivity index (χ2n) is 8.39. The SMILES string of the molecule is CCN1C(=O)C(=Cc2cc3c4c(c2)CCCN4CCC3)OC1=NC1CCCC1. The Bertz CT molecular complexity index is 820. The van der Waals surface area contributed by atoms with E-state index in [1.165, 1.54) is 55.6 Å². The Labute approximate surface area is 167 Å². The molecule has 1 saturated carbocycles. The molecule has 0 unspecified atom stereocenters. The van der Waals surface area contributed by atoms with Crippen molar-refractivity contribution in [3.8, 4) is 0 Å². The number of benzene rings is 1. The molecule has 28 heavy (non-hydrogen) atoms. The number of aryl methyl sites for hydroxylation is 2. The molecule has 1 aromatic rings. The Hall–Kier alpha value is -2.30. The maximum Gasteiger partial charge on any atom is 0.300 e. The normalized spacial score (nSPS) is 25.0. The fraction of sp³-hybridized carbons (Fsp3) is 0.565. The topological polar surface area (TPSA) is 45.1 Å². The predicted octanol–water partition coefficient (Wildman–Crippen LogP) is 3.90. The highest BCUT2D eigenvalue weighted by atomic mass is 16.5. The van der Waals surface area contributed by atoms with Gasteiger partial charge in [-0.3, -0.25) is 9.69 Å². The Morgan fingerprint density at radius 2 is 1.79 bits per heavy atom. The summed E-state index contributed by atoms with van der Waals surface area (Å²) in [4.78, 5) is 21.8. The van der Waals surface area contributed by atoms with Crippen LogP contribution >= 0.6 is 0 Å². The van der Waals surface area contributed by atoms with Crippen LogP contribution in [-0.2, 0) is 22.4 Å². The summed E-state index contributed by atoms with van der Waals surface area (Å²) in [5.74, 6) is 0.349. The highest BCUT2D eigenvalue weighted by Crippen LogP contribution is 2.37. The van der Waals surface area contributed by atoms with Crippen molar-refractivity contribution in [2.45, 2.75) is 64.3 Å². The number of hydrogen-bond donors (Lipinski definition) is 0. The smallest absolute Gasteiger partial charge is 0.300 e. The van der Waals surface area contributed by atoms with Crippen LogP contribution in [0.25, 0.3) is 6.08 Å². The predicted molar refractivity (Wildman–Crippen MR) is 111 cm³/mol. The van der Waals surface area contributed by atoms with Gasteiger partial charge in [0.1, 0.15) is 0 Å². The largest absolute Gasteiger partial charge is 0.420 e. The minimum absolute atomic E-state index is 0.0627. The fourth-order valence-electron chi connectivity index (χ4n) is 5.14. The number of rotatable bonds is 3. The summed E-state index contributed by atoms with van der Waals surface area (Å²) in [6.07, 6.45) is 11.2. The summed E-state index contributed by atoms with van der Waals surface area (Å²) in [7, 11) is 0. The molecule has 5 nitrogen and oxygen atoms in total. The first-order chi connectivity index (χ1) is 13.7. The van der Waals surface area contributed by atoms with E-state index < -0.39 is 0 Å². The van der Waals surface area contributed by atoms with E-state index in [9.17, 15) is 4.79 Å². The third kappa shape index (κ3) is 3.11. The monoisotopic (exact) mass is 379 g/mol. The zero-order valence-electron chi connectivity index (χ0n) is 16.7. The first kappa shape index (κ1) is 17.8. The molecule has 0 bridgehead atoms. The number of aliphatic imine (C=N–C) groups is 1. The van der Waals surface area contributed by atoms with Gasteiger partial charge in [-0.2, -0.15) is 0 Å². The van der Waals surface area contributed by atoms with E-state index in [1.807, 2.05) is 13.0 Å². The second-order valence-corrected chi connectivity index (χ2v) is 8.39. The first-order valence-corrected chi connectivity index (χ1v) is 10.9. The van der Waals surface area contributed by atoms with E-state index in [1.54, 1.807) is 4.90 Å². The number of amides is 1. The van der Waals surface area contributed by atoms with E-state index in [2.05, 4.69) is 17.0 Å². The van der Waals surface area contributed by atoms with Crippen molar-refractivity contribution in [3.05, 3.63) is 34.6 Å². The van der Waals surface area contributed by atoms with Gasteiger partial charge in [0.15, 0.2) is 5.76 Å². The molecular formula is C23H29N3O2. The molecule has 4 aliphatic rings. The molecule has 0 atom stereocenters. The van der Waals surface area contributed by atoms with Crippen molar-refractivity contribution in [3.63, 3.8) is 0 Å². The van der Waals surface area contributed by atoms with Crippen LogP contribution in [0.2, 0.25) is 0 Å². The van der Waals surface area contributed by atoms with Gasteiger partial charge in [-0.05, 0) is 80.3 Å². The summed E-state index contributed by atoms with van der Waals surface area (Å²) in [5.41, 5.74) is 5.39. The molecule has 1 saturated heterocycles. The number of amidine groups is 1. The van der Waals surface area contributed by atoms with Crippen LogP contribution in [0.5, 0.6) is 0 Å². The molecular weight excluding hydrogens is 350 g/mol. The molecule has 3 heterocycles. The molecule has 5 heteroatoms. The van der Waals surface area contributed by atoms with Gasteiger partial charge in [-0.25, -0.2) is 4.99 Å². The van der Waals surface area contributed by atoms with E-state index in [0.717, 1.165) is 31.2 Å². The van der Waals surface area contributed by atoms with Crippen LogP contribution in [-0.4, -0.2) is 42.5 Å². The van der Waals surface area contributed by atoms with E-state index in [-0.39, 0.29) is 5.91 Å². The molecule has 2 fully saturated rings. The van der Waals surface area contributed by atoms with Crippen molar-refractivity contribution in [2.24, 2.45) is 4.99 Å². The Balaban J connectivity index is 1.46. The van der Waals surface area contributed by atoms with Crippen LogP contribution in [0.1, 0.15) is 62.1 Å². The highest BCUT2D eigenvalue weighted by molar-refractivity contribution is 6.11. The van der Waals surface area contributed by atoms with Crippen molar-refractivity contribution in [1.29, 1.82) is 0 Å². The van der Waals surface area contributed by atoms with Crippen LogP contribution in [0, 0.1) is 0 Å². The van der Waals surface area contributed by atoms with Crippen LogP contribution in [0.15, 0.2) is 22.9 Å². The number of anilines is 1. The van der Waals surface area contributed by atoms with Crippen molar-refractivity contribution in [2.75, 3.05) is 24.5 Å². The Morgan fingerprint density at radius 1 is 1.11 bits per heavy atom. The molecule has 1 amide bonds.